The number of carbonyl (C=O) groups excluding carboxylic acids is 1. The molecule has 6 heteroatoms. The topological polar surface area (TPSA) is 68.0 Å². The third-order valence-electron chi connectivity index (χ3n) is 2.60. The fourth-order valence-electron chi connectivity index (χ4n) is 1.58. The molecular formula is C13H11F2N3O. The summed E-state index contributed by atoms with van der Waals surface area (Å²) in [5, 5.41) is 2.40. The lowest BCUT2D eigenvalue weighted by Crippen LogP contribution is -2.17. The highest BCUT2D eigenvalue weighted by atomic mass is 19.1. The minimum absolute atomic E-state index is 0.283. The monoisotopic (exact) mass is 263 g/mol. The van der Waals surface area contributed by atoms with Crippen molar-refractivity contribution in [3.05, 3.63) is 53.4 Å². The predicted octanol–water partition coefficient (Wildman–Crippen LogP) is 2.50. The van der Waals surface area contributed by atoms with Gasteiger partial charge in [-0.3, -0.25) is 9.78 Å². The van der Waals surface area contributed by atoms with Crippen LogP contribution in [-0.2, 0) is 0 Å². The van der Waals surface area contributed by atoms with Crippen molar-refractivity contribution in [2.75, 3.05) is 11.1 Å². The molecule has 0 aliphatic carbocycles. The average Bonchev–Trinajstić information content (AvgIpc) is 2.37. The molecule has 0 aliphatic rings. The number of amides is 1. The minimum Gasteiger partial charge on any atom is -0.396 e. The number of nitrogens with zero attached hydrogens (tertiary/aromatic N) is 1. The zero-order valence-corrected chi connectivity index (χ0v) is 10.1. The lowest BCUT2D eigenvalue weighted by Gasteiger charge is -2.09. The van der Waals surface area contributed by atoms with Crippen molar-refractivity contribution in [3.8, 4) is 0 Å². The van der Waals surface area contributed by atoms with Crippen molar-refractivity contribution in [2.45, 2.75) is 6.92 Å². The summed E-state index contributed by atoms with van der Waals surface area (Å²) in [4.78, 5) is 15.8. The van der Waals surface area contributed by atoms with E-state index in [9.17, 15) is 13.6 Å². The van der Waals surface area contributed by atoms with Crippen LogP contribution in [0.4, 0.5) is 20.2 Å². The first-order valence-electron chi connectivity index (χ1n) is 5.47. The Bertz CT molecular complexity index is 644. The van der Waals surface area contributed by atoms with E-state index in [1.165, 1.54) is 0 Å². The largest absolute Gasteiger partial charge is 0.396 e. The summed E-state index contributed by atoms with van der Waals surface area (Å²) in [7, 11) is 0. The van der Waals surface area contributed by atoms with Crippen molar-refractivity contribution in [2.24, 2.45) is 0 Å². The molecule has 0 radical (unpaired) electrons. The molecule has 0 bridgehead atoms. The van der Waals surface area contributed by atoms with Gasteiger partial charge in [0.15, 0.2) is 5.82 Å². The Balaban J connectivity index is 2.36. The van der Waals surface area contributed by atoms with Gasteiger partial charge in [-0.25, -0.2) is 8.78 Å². The molecule has 19 heavy (non-hydrogen) atoms. The summed E-state index contributed by atoms with van der Waals surface area (Å²) in [5.41, 5.74) is 5.25. The van der Waals surface area contributed by atoms with E-state index < -0.39 is 23.1 Å². The van der Waals surface area contributed by atoms with Crippen LogP contribution in [0.2, 0.25) is 0 Å². The number of anilines is 2. The fraction of sp³-hybridized carbons (Fsp3) is 0.0769. The van der Waals surface area contributed by atoms with Crippen LogP contribution in [0.1, 0.15) is 16.1 Å². The number of aryl methyl sites for hydroxylation is 1. The lowest BCUT2D eigenvalue weighted by atomic mass is 10.1. The normalized spacial score (nSPS) is 10.3. The van der Waals surface area contributed by atoms with Gasteiger partial charge in [0.1, 0.15) is 11.4 Å². The fourth-order valence-corrected chi connectivity index (χ4v) is 1.58. The van der Waals surface area contributed by atoms with Crippen LogP contribution >= 0.6 is 0 Å². The molecule has 0 fully saturated rings. The molecule has 3 N–H and O–H groups in total. The number of hydrogen-bond donors (Lipinski definition) is 2. The van der Waals surface area contributed by atoms with Crippen LogP contribution < -0.4 is 11.1 Å². The standard InChI is InChI=1S/C13H11F2N3O/c1-7-10(3-2-6-17-7)18-13(19)11-8(14)4-5-9(16)12(11)15/h2-6H,16H2,1H3,(H,18,19). The molecule has 1 amide bonds. The van der Waals surface area contributed by atoms with Gasteiger partial charge in [-0.1, -0.05) is 0 Å². The molecule has 4 nitrogen and oxygen atoms in total. The SMILES string of the molecule is Cc1ncccc1NC(=O)c1c(F)ccc(N)c1F. The molecule has 0 unspecified atom stereocenters. The first-order chi connectivity index (χ1) is 9.00. The van der Waals surface area contributed by atoms with Gasteiger partial charge >= 0.3 is 0 Å². The van der Waals surface area contributed by atoms with Crippen molar-refractivity contribution in [1.29, 1.82) is 0 Å². The maximum atomic E-state index is 13.7. The summed E-state index contributed by atoms with van der Waals surface area (Å²) in [6, 6.07) is 5.21. The third kappa shape index (κ3) is 2.52. The molecule has 1 heterocycles. The average molecular weight is 263 g/mol. The first kappa shape index (κ1) is 12.9. The van der Waals surface area contributed by atoms with Gasteiger partial charge in [0, 0.05) is 6.20 Å². The number of benzene rings is 1. The molecule has 98 valence electrons. The number of pyridine rings is 1. The number of halogens is 2. The van der Waals surface area contributed by atoms with Gasteiger partial charge < -0.3 is 11.1 Å². The van der Waals surface area contributed by atoms with Gasteiger partial charge in [-0.15, -0.1) is 0 Å². The minimum atomic E-state index is -1.07. The molecule has 1 aromatic heterocycles. The second-order valence-corrected chi connectivity index (χ2v) is 3.92. The zero-order valence-electron chi connectivity index (χ0n) is 10.1. The van der Waals surface area contributed by atoms with Gasteiger partial charge in [-0.05, 0) is 31.2 Å². The van der Waals surface area contributed by atoms with E-state index in [4.69, 9.17) is 5.73 Å². The van der Waals surface area contributed by atoms with Crippen LogP contribution in [0.15, 0.2) is 30.5 Å². The van der Waals surface area contributed by atoms with E-state index in [0.29, 0.717) is 11.4 Å². The van der Waals surface area contributed by atoms with Crippen molar-refractivity contribution in [3.63, 3.8) is 0 Å². The van der Waals surface area contributed by atoms with Gasteiger partial charge in [0.05, 0.1) is 17.1 Å². The van der Waals surface area contributed by atoms with E-state index in [-0.39, 0.29) is 5.69 Å². The highest BCUT2D eigenvalue weighted by Gasteiger charge is 2.20. The number of carbonyl (C=O) groups is 1. The lowest BCUT2D eigenvalue weighted by molar-refractivity contribution is 0.101. The molecule has 0 atom stereocenters. The first-order valence-corrected chi connectivity index (χ1v) is 5.47. The van der Waals surface area contributed by atoms with Gasteiger partial charge in [0.25, 0.3) is 5.91 Å². The molecule has 0 aliphatic heterocycles. The maximum Gasteiger partial charge on any atom is 0.261 e. The Hall–Kier alpha value is -2.50. The van der Waals surface area contributed by atoms with E-state index >= 15 is 0 Å². The summed E-state index contributed by atoms with van der Waals surface area (Å²) < 4.78 is 27.2. The highest BCUT2D eigenvalue weighted by Crippen LogP contribution is 2.20. The van der Waals surface area contributed by atoms with E-state index in [1.54, 1.807) is 25.3 Å². The predicted molar refractivity (Wildman–Crippen MR) is 67.7 cm³/mol. The van der Waals surface area contributed by atoms with E-state index in [1.807, 2.05) is 0 Å². The van der Waals surface area contributed by atoms with Crippen LogP contribution in [0.25, 0.3) is 0 Å². The Kier molecular flexibility index (Phi) is 3.41. The van der Waals surface area contributed by atoms with Crippen LogP contribution in [0.3, 0.4) is 0 Å². The molecular weight excluding hydrogens is 252 g/mol. The van der Waals surface area contributed by atoms with Crippen molar-refractivity contribution < 1.29 is 13.6 Å². The van der Waals surface area contributed by atoms with Crippen LogP contribution in [0.5, 0.6) is 0 Å². The van der Waals surface area contributed by atoms with Crippen LogP contribution in [-0.4, -0.2) is 10.9 Å². The Morgan fingerprint density at radius 2 is 2.05 bits per heavy atom. The number of hydrogen-bond acceptors (Lipinski definition) is 3. The van der Waals surface area contributed by atoms with Crippen molar-refractivity contribution >= 4 is 17.3 Å². The second kappa shape index (κ2) is 5.01. The summed E-state index contributed by atoms with van der Waals surface area (Å²) >= 11 is 0. The van der Waals surface area contributed by atoms with Gasteiger partial charge in [0.2, 0.25) is 0 Å². The summed E-state index contributed by atoms with van der Waals surface area (Å²) in [6.07, 6.45) is 1.55. The number of rotatable bonds is 2. The van der Waals surface area contributed by atoms with E-state index in [2.05, 4.69) is 10.3 Å². The van der Waals surface area contributed by atoms with Gasteiger partial charge in [-0.2, -0.15) is 0 Å². The smallest absolute Gasteiger partial charge is 0.261 e. The molecule has 0 spiro atoms. The number of nitrogens with two attached hydrogens (primary N) is 1. The molecule has 2 rings (SSSR count). The zero-order chi connectivity index (χ0) is 14.0. The summed E-state index contributed by atoms with van der Waals surface area (Å²) in [5.74, 6) is -2.94. The molecule has 0 saturated carbocycles. The molecule has 1 aromatic carbocycles. The summed E-state index contributed by atoms with van der Waals surface area (Å²) in [6.45, 7) is 1.67. The van der Waals surface area contributed by atoms with Crippen molar-refractivity contribution in [1.82, 2.24) is 4.98 Å². The number of nitrogens with one attached hydrogen (secondary N) is 1. The van der Waals surface area contributed by atoms with E-state index in [0.717, 1.165) is 12.1 Å². The Morgan fingerprint density at radius 3 is 2.74 bits per heavy atom. The molecule has 2 aromatic rings. The second-order valence-electron chi connectivity index (χ2n) is 3.92. The number of nitrogen functional groups attached to an aromatic ring is 1. The Labute approximate surface area is 108 Å². The van der Waals surface area contributed by atoms with Crippen LogP contribution in [0, 0.1) is 18.6 Å². The molecule has 0 saturated heterocycles. The quantitative estimate of drug-likeness (QED) is 0.818. The number of aromatic nitrogens is 1. The highest BCUT2D eigenvalue weighted by molar-refractivity contribution is 6.05. The Morgan fingerprint density at radius 1 is 1.32 bits per heavy atom. The third-order valence-corrected chi connectivity index (χ3v) is 2.60. The maximum absolute atomic E-state index is 13.7.